The molecule has 1 aliphatic heterocycles. The summed E-state index contributed by atoms with van der Waals surface area (Å²) in [5.41, 5.74) is 3.38. The van der Waals surface area contributed by atoms with Crippen molar-refractivity contribution < 1.29 is 22.7 Å². The molecule has 1 amide bonds. The summed E-state index contributed by atoms with van der Waals surface area (Å²) >= 11 is 0. The van der Waals surface area contributed by atoms with Gasteiger partial charge >= 0.3 is 0 Å². The number of nitrogens with one attached hydrogen (secondary N) is 2. The van der Waals surface area contributed by atoms with E-state index in [0.717, 1.165) is 17.5 Å². The van der Waals surface area contributed by atoms with Crippen LogP contribution < -0.4 is 19.5 Å². The molecule has 0 atom stereocenters. The number of ether oxygens (including phenoxy) is 2. The van der Waals surface area contributed by atoms with Gasteiger partial charge in [0.15, 0.2) is 11.5 Å². The highest BCUT2D eigenvalue weighted by Crippen LogP contribution is 2.32. The molecule has 3 aromatic carbocycles. The molecule has 0 fully saturated rings. The number of hydrogen-bond donors (Lipinski definition) is 2. The van der Waals surface area contributed by atoms with Crippen LogP contribution in [-0.4, -0.2) is 27.5 Å². The van der Waals surface area contributed by atoms with Gasteiger partial charge < -0.3 is 14.8 Å². The fourth-order valence-corrected chi connectivity index (χ4v) is 4.56. The van der Waals surface area contributed by atoms with Gasteiger partial charge in [0.05, 0.1) is 18.1 Å². The van der Waals surface area contributed by atoms with Gasteiger partial charge in [0.1, 0.15) is 0 Å². The Morgan fingerprint density at radius 3 is 2.31 bits per heavy atom. The van der Waals surface area contributed by atoms with E-state index >= 15 is 0 Å². The van der Waals surface area contributed by atoms with Gasteiger partial charge in [0.25, 0.3) is 15.9 Å². The first-order valence-corrected chi connectivity index (χ1v) is 11.7. The molecule has 32 heavy (non-hydrogen) atoms. The Bertz CT molecular complexity index is 1250. The van der Waals surface area contributed by atoms with E-state index < -0.39 is 10.0 Å². The standard InChI is InChI=1S/C24H24N2O5S/c1-16-11-17(2)13-20(12-16)25-24(27)18-5-3-6-19(14-18)26-32(28,29)21-7-8-22-23(15-21)31-10-4-9-30-22/h3,5-8,11-15,26H,4,9-10H2,1-2H3,(H,25,27). The highest BCUT2D eigenvalue weighted by atomic mass is 32.2. The Balaban J connectivity index is 1.53. The van der Waals surface area contributed by atoms with Crippen LogP contribution >= 0.6 is 0 Å². The number of benzene rings is 3. The quantitative estimate of drug-likeness (QED) is 0.594. The van der Waals surface area contributed by atoms with Crippen LogP contribution in [0.2, 0.25) is 0 Å². The van der Waals surface area contributed by atoms with E-state index in [1.807, 2.05) is 32.0 Å². The second-order valence-corrected chi connectivity index (χ2v) is 9.36. The lowest BCUT2D eigenvalue weighted by Gasteiger charge is -2.12. The number of fused-ring (bicyclic) bond motifs is 1. The maximum absolute atomic E-state index is 12.9. The Morgan fingerprint density at radius 1 is 0.844 bits per heavy atom. The normalized spacial score (nSPS) is 13.2. The lowest BCUT2D eigenvalue weighted by atomic mass is 10.1. The third-order valence-electron chi connectivity index (χ3n) is 4.89. The molecule has 0 unspecified atom stereocenters. The first-order valence-electron chi connectivity index (χ1n) is 10.2. The number of carbonyl (C=O) groups excluding carboxylic acids is 1. The van der Waals surface area contributed by atoms with Crippen molar-refractivity contribution in [2.75, 3.05) is 23.3 Å². The van der Waals surface area contributed by atoms with Gasteiger partial charge in [0.2, 0.25) is 0 Å². The van der Waals surface area contributed by atoms with Gasteiger partial charge in [-0.05, 0) is 67.4 Å². The summed E-state index contributed by atoms with van der Waals surface area (Å²) in [6.45, 7) is 4.89. The number of hydrogen-bond acceptors (Lipinski definition) is 5. The van der Waals surface area contributed by atoms with E-state index in [2.05, 4.69) is 10.0 Å². The Morgan fingerprint density at radius 2 is 1.56 bits per heavy atom. The van der Waals surface area contributed by atoms with Crippen molar-refractivity contribution in [2.24, 2.45) is 0 Å². The van der Waals surface area contributed by atoms with Gasteiger partial charge in [-0.2, -0.15) is 0 Å². The molecular formula is C24H24N2O5S. The zero-order valence-electron chi connectivity index (χ0n) is 17.8. The topological polar surface area (TPSA) is 93.7 Å². The predicted molar refractivity (Wildman–Crippen MR) is 123 cm³/mol. The van der Waals surface area contributed by atoms with E-state index in [-0.39, 0.29) is 16.5 Å². The van der Waals surface area contributed by atoms with Crippen LogP contribution in [0.1, 0.15) is 27.9 Å². The highest BCUT2D eigenvalue weighted by molar-refractivity contribution is 7.92. The molecular weight excluding hydrogens is 428 g/mol. The average Bonchev–Trinajstić information content (AvgIpc) is 2.98. The number of carbonyl (C=O) groups is 1. The molecule has 0 bridgehead atoms. The van der Waals surface area contributed by atoms with Crippen LogP contribution in [0.15, 0.2) is 65.6 Å². The predicted octanol–water partition coefficient (Wildman–Crippen LogP) is 4.52. The Kier molecular flexibility index (Phi) is 6.05. The molecule has 2 N–H and O–H groups in total. The molecule has 8 heteroatoms. The largest absolute Gasteiger partial charge is 0.490 e. The third kappa shape index (κ3) is 5.03. The number of anilines is 2. The summed E-state index contributed by atoms with van der Waals surface area (Å²) in [5, 5.41) is 2.86. The number of amides is 1. The van der Waals surface area contributed by atoms with Gasteiger partial charge in [-0.3, -0.25) is 9.52 Å². The van der Waals surface area contributed by atoms with Gasteiger partial charge in [0, 0.05) is 29.4 Å². The van der Waals surface area contributed by atoms with Crippen molar-refractivity contribution in [3.63, 3.8) is 0 Å². The fourth-order valence-electron chi connectivity index (χ4n) is 3.50. The second kappa shape index (κ2) is 8.92. The van der Waals surface area contributed by atoms with E-state index in [0.29, 0.717) is 36.0 Å². The molecule has 0 aliphatic carbocycles. The molecule has 0 saturated carbocycles. The fraction of sp³-hybridized carbons (Fsp3) is 0.208. The lowest BCUT2D eigenvalue weighted by molar-refractivity contribution is 0.102. The summed E-state index contributed by atoms with van der Waals surface area (Å²) in [5.74, 6) is 0.588. The summed E-state index contributed by atoms with van der Waals surface area (Å²) in [4.78, 5) is 12.7. The maximum Gasteiger partial charge on any atom is 0.262 e. The molecule has 7 nitrogen and oxygen atoms in total. The molecule has 3 aromatic rings. The summed E-state index contributed by atoms with van der Waals surface area (Å²) < 4.78 is 39.5. The van der Waals surface area contributed by atoms with Crippen molar-refractivity contribution in [3.05, 3.63) is 77.4 Å². The van der Waals surface area contributed by atoms with Crippen molar-refractivity contribution in [2.45, 2.75) is 25.2 Å². The highest BCUT2D eigenvalue weighted by Gasteiger charge is 2.19. The lowest BCUT2D eigenvalue weighted by Crippen LogP contribution is -2.15. The summed E-state index contributed by atoms with van der Waals surface area (Å²) in [6, 6.07) is 16.6. The average molecular weight is 453 g/mol. The van der Waals surface area contributed by atoms with Gasteiger partial charge in [-0.1, -0.05) is 12.1 Å². The minimum atomic E-state index is -3.89. The number of aryl methyl sites for hydroxylation is 2. The van der Waals surface area contributed by atoms with Crippen molar-refractivity contribution in [1.29, 1.82) is 0 Å². The molecule has 166 valence electrons. The zero-order valence-corrected chi connectivity index (χ0v) is 18.7. The van der Waals surface area contributed by atoms with Gasteiger partial charge in [-0.15, -0.1) is 0 Å². The van der Waals surface area contributed by atoms with Crippen LogP contribution in [0.3, 0.4) is 0 Å². The smallest absolute Gasteiger partial charge is 0.262 e. The number of sulfonamides is 1. The SMILES string of the molecule is Cc1cc(C)cc(NC(=O)c2cccc(NS(=O)(=O)c3ccc4c(c3)OCCCO4)c2)c1. The first-order chi connectivity index (χ1) is 15.3. The van der Waals surface area contributed by atoms with Crippen LogP contribution in [0.4, 0.5) is 11.4 Å². The molecule has 0 aromatic heterocycles. The molecule has 1 heterocycles. The Hall–Kier alpha value is -3.52. The Labute approximate surface area is 187 Å². The molecule has 0 saturated heterocycles. The summed E-state index contributed by atoms with van der Waals surface area (Å²) in [7, 11) is -3.89. The van der Waals surface area contributed by atoms with Crippen molar-refractivity contribution in [3.8, 4) is 11.5 Å². The third-order valence-corrected chi connectivity index (χ3v) is 6.26. The van der Waals surface area contributed by atoms with Crippen LogP contribution in [0.5, 0.6) is 11.5 Å². The zero-order chi connectivity index (χ0) is 22.7. The minimum absolute atomic E-state index is 0.0480. The molecule has 0 radical (unpaired) electrons. The van der Waals surface area contributed by atoms with Gasteiger partial charge in [-0.25, -0.2) is 8.42 Å². The maximum atomic E-state index is 12.9. The molecule has 1 aliphatic rings. The van der Waals surface area contributed by atoms with Crippen LogP contribution in [0.25, 0.3) is 0 Å². The van der Waals surface area contributed by atoms with Crippen molar-refractivity contribution in [1.82, 2.24) is 0 Å². The second-order valence-electron chi connectivity index (χ2n) is 7.68. The van der Waals surface area contributed by atoms with E-state index in [9.17, 15) is 13.2 Å². The monoisotopic (exact) mass is 452 g/mol. The number of rotatable bonds is 5. The first kappa shape index (κ1) is 21.7. The summed E-state index contributed by atoms with van der Waals surface area (Å²) in [6.07, 6.45) is 0.728. The van der Waals surface area contributed by atoms with E-state index in [1.165, 1.54) is 18.2 Å². The molecule has 4 rings (SSSR count). The van der Waals surface area contributed by atoms with Crippen LogP contribution in [-0.2, 0) is 10.0 Å². The minimum Gasteiger partial charge on any atom is -0.490 e. The van der Waals surface area contributed by atoms with E-state index in [4.69, 9.17) is 9.47 Å². The molecule has 0 spiro atoms. The van der Waals surface area contributed by atoms with Crippen LogP contribution in [0, 0.1) is 13.8 Å². The van der Waals surface area contributed by atoms with Crippen molar-refractivity contribution >= 4 is 27.3 Å². The van der Waals surface area contributed by atoms with E-state index in [1.54, 1.807) is 24.3 Å².